The summed E-state index contributed by atoms with van der Waals surface area (Å²) in [5.74, 6) is 0.466. The quantitative estimate of drug-likeness (QED) is 0.914. The minimum absolute atomic E-state index is 0.218. The zero-order chi connectivity index (χ0) is 14.8. The van der Waals surface area contributed by atoms with Gasteiger partial charge in [0.15, 0.2) is 9.84 Å². The fourth-order valence-corrected chi connectivity index (χ4v) is 3.43. The van der Waals surface area contributed by atoms with Crippen LogP contribution < -0.4 is 10.5 Å². The van der Waals surface area contributed by atoms with Gasteiger partial charge >= 0.3 is 0 Å². The Morgan fingerprint density at radius 3 is 2.65 bits per heavy atom. The van der Waals surface area contributed by atoms with E-state index in [0.29, 0.717) is 10.1 Å². The Labute approximate surface area is 127 Å². The molecule has 2 aromatic rings. The van der Waals surface area contributed by atoms with Crippen molar-refractivity contribution >= 4 is 32.8 Å². The highest BCUT2D eigenvalue weighted by Gasteiger charge is 2.15. The summed E-state index contributed by atoms with van der Waals surface area (Å²) in [6.07, 6.45) is 0.813. The molecule has 1 heterocycles. The zero-order valence-corrected chi connectivity index (χ0v) is 13.1. The van der Waals surface area contributed by atoms with E-state index in [4.69, 9.17) is 22.1 Å². The molecule has 0 aliphatic rings. The molecule has 0 saturated heterocycles. The van der Waals surface area contributed by atoms with Crippen molar-refractivity contribution < 1.29 is 13.2 Å². The van der Waals surface area contributed by atoms with Crippen molar-refractivity contribution in [1.29, 1.82) is 0 Å². The van der Waals surface area contributed by atoms with E-state index in [0.717, 1.165) is 11.1 Å². The van der Waals surface area contributed by atoms with Crippen molar-refractivity contribution in [2.24, 2.45) is 5.73 Å². The number of nitrogens with two attached hydrogens (primary N) is 1. The summed E-state index contributed by atoms with van der Waals surface area (Å²) >= 11 is 7.28. The second kappa shape index (κ2) is 6.13. The molecular weight excluding hydrogens is 318 g/mol. The van der Waals surface area contributed by atoms with Crippen LogP contribution in [0, 0.1) is 0 Å². The summed E-state index contributed by atoms with van der Waals surface area (Å²) in [5.41, 5.74) is 5.71. The summed E-state index contributed by atoms with van der Waals surface area (Å²) in [7, 11) is -3.26. The number of thiophene rings is 1. The average molecular weight is 332 g/mol. The lowest BCUT2D eigenvalue weighted by Crippen LogP contribution is -2.17. The summed E-state index contributed by atoms with van der Waals surface area (Å²) < 4.78 is 29.5. The van der Waals surface area contributed by atoms with E-state index in [1.807, 2.05) is 6.07 Å². The number of hydrogen-bond acceptors (Lipinski definition) is 5. The van der Waals surface area contributed by atoms with E-state index in [9.17, 15) is 8.42 Å². The molecule has 0 aliphatic heterocycles. The van der Waals surface area contributed by atoms with Gasteiger partial charge < -0.3 is 10.5 Å². The Bertz CT molecular complexity index is 697. The maximum atomic E-state index is 11.5. The van der Waals surface area contributed by atoms with Gasteiger partial charge in [0.05, 0.1) is 9.23 Å². The first-order chi connectivity index (χ1) is 9.40. The van der Waals surface area contributed by atoms with Gasteiger partial charge in [-0.1, -0.05) is 17.7 Å². The highest BCUT2D eigenvalue weighted by molar-refractivity contribution is 7.90. The number of hydrogen-bond donors (Lipinski definition) is 1. The first-order valence-electron chi connectivity index (χ1n) is 5.82. The summed E-state index contributed by atoms with van der Waals surface area (Å²) in [5, 5.41) is 0. The molecule has 0 bridgehead atoms. The Morgan fingerprint density at radius 2 is 2.10 bits per heavy atom. The third-order valence-electron chi connectivity index (χ3n) is 2.64. The number of benzene rings is 1. The number of halogens is 1. The largest absolute Gasteiger partial charge is 0.484 e. The first kappa shape index (κ1) is 15.3. The maximum absolute atomic E-state index is 11.5. The topological polar surface area (TPSA) is 69.4 Å². The van der Waals surface area contributed by atoms with Crippen LogP contribution in [0.2, 0.25) is 4.34 Å². The molecule has 0 radical (unpaired) electrons. The van der Waals surface area contributed by atoms with E-state index in [1.165, 1.54) is 23.5 Å². The van der Waals surface area contributed by atoms with Crippen molar-refractivity contribution in [1.82, 2.24) is 0 Å². The lowest BCUT2D eigenvalue weighted by atomic mass is 10.3. The predicted molar refractivity (Wildman–Crippen MR) is 81.3 cm³/mol. The van der Waals surface area contributed by atoms with Crippen LogP contribution in [0.25, 0.3) is 0 Å². The molecule has 1 aromatic carbocycles. The Hall–Kier alpha value is -1.08. The van der Waals surface area contributed by atoms with Crippen LogP contribution in [0.15, 0.2) is 41.3 Å². The molecule has 1 unspecified atom stereocenters. The van der Waals surface area contributed by atoms with E-state index in [-0.39, 0.29) is 17.5 Å². The van der Waals surface area contributed by atoms with Crippen LogP contribution in [0.3, 0.4) is 0 Å². The van der Waals surface area contributed by atoms with Crippen LogP contribution >= 0.6 is 22.9 Å². The molecule has 2 rings (SSSR count). The molecule has 1 atom stereocenters. The monoisotopic (exact) mass is 331 g/mol. The van der Waals surface area contributed by atoms with Gasteiger partial charge in [-0.05, 0) is 30.3 Å². The third kappa shape index (κ3) is 3.73. The molecule has 20 heavy (non-hydrogen) atoms. The van der Waals surface area contributed by atoms with Crippen molar-refractivity contribution in [2.75, 3.05) is 12.8 Å². The molecular formula is C13H14ClNO3S2. The molecule has 2 N–H and O–H groups in total. The first-order valence-corrected chi connectivity index (χ1v) is 8.91. The van der Waals surface area contributed by atoms with Gasteiger partial charge in [0, 0.05) is 17.7 Å². The summed E-state index contributed by atoms with van der Waals surface area (Å²) in [6, 6.07) is 9.99. The maximum Gasteiger partial charge on any atom is 0.175 e. The molecule has 1 aromatic heterocycles. The predicted octanol–water partition coefficient (Wildman–Crippen LogP) is 2.88. The highest BCUT2D eigenvalue weighted by Crippen LogP contribution is 2.30. The Balaban J connectivity index is 2.24. The fourth-order valence-electron chi connectivity index (χ4n) is 1.67. The standard InChI is InChI=1S/C13H14ClNO3S2/c1-20(16,17)10-4-2-3-9(7-10)18-11(8-15)12-5-6-13(14)19-12/h2-7,11H,8,15H2,1H3. The van der Waals surface area contributed by atoms with E-state index < -0.39 is 9.84 Å². The van der Waals surface area contributed by atoms with Gasteiger partial charge in [-0.25, -0.2) is 8.42 Å². The fraction of sp³-hybridized carbons (Fsp3) is 0.231. The van der Waals surface area contributed by atoms with E-state index >= 15 is 0 Å². The number of sulfone groups is 1. The minimum Gasteiger partial charge on any atom is -0.484 e. The molecule has 0 aliphatic carbocycles. The van der Waals surface area contributed by atoms with E-state index in [1.54, 1.807) is 18.2 Å². The molecule has 0 saturated carbocycles. The minimum atomic E-state index is -3.26. The van der Waals surface area contributed by atoms with Crippen molar-refractivity contribution in [3.63, 3.8) is 0 Å². The van der Waals surface area contributed by atoms with Crippen molar-refractivity contribution in [2.45, 2.75) is 11.0 Å². The normalized spacial score (nSPS) is 13.2. The third-order valence-corrected chi connectivity index (χ3v) is 5.07. The second-order valence-electron chi connectivity index (χ2n) is 4.23. The van der Waals surface area contributed by atoms with Crippen LogP contribution in [-0.4, -0.2) is 21.2 Å². The molecule has 0 amide bonds. The lowest BCUT2D eigenvalue weighted by Gasteiger charge is -2.16. The van der Waals surface area contributed by atoms with Crippen LogP contribution in [0.1, 0.15) is 11.0 Å². The molecule has 7 heteroatoms. The number of ether oxygens (including phenoxy) is 1. The van der Waals surface area contributed by atoms with Gasteiger partial charge in [-0.15, -0.1) is 11.3 Å². The highest BCUT2D eigenvalue weighted by atomic mass is 35.5. The smallest absolute Gasteiger partial charge is 0.175 e. The average Bonchev–Trinajstić information content (AvgIpc) is 2.82. The Morgan fingerprint density at radius 1 is 1.35 bits per heavy atom. The molecule has 108 valence electrons. The van der Waals surface area contributed by atoms with Gasteiger partial charge in [-0.3, -0.25) is 0 Å². The zero-order valence-electron chi connectivity index (χ0n) is 10.7. The van der Waals surface area contributed by atoms with Crippen LogP contribution in [-0.2, 0) is 9.84 Å². The summed E-state index contributed by atoms with van der Waals surface area (Å²) in [4.78, 5) is 1.12. The Kier molecular flexibility index (Phi) is 4.70. The summed E-state index contributed by atoms with van der Waals surface area (Å²) in [6.45, 7) is 0.278. The number of rotatable bonds is 5. The van der Waals surface area contributed by atoms with Crippen LogP contribution in [0.5, 0.6) is 5.75 Å². The van der Waals surface area contributed by atoms with Gasteiger partial charge in [0.1, 0.15) is 11.9 Å². The van der Waals surface area contributed by atoms with Gasteiger partial charge in [0.25, 0.3) is 0 Å². The van der Waals surface area contributed by atoms with E-state index in [2.05, 4.69) is 0 Å². The van der Waals surface area contributed by atoms with Crippen molar-refractivity contribution in [3.8, 4) is 5.75 Å². The molecule has 0 fully saturated rings. The van der Waals surface area contributed by atoms with Gasteiger partial charge in [0.2, 0.25) is 0 Å². The SMILES string of the molecule is CS(=O)(=O)c1cccc(OC(CN)c2ccc(Cl)s2)c1. The molecule has 4 nitrogen and oxygen atoms in total. The van der Waals surface area contributed by atoms with Crippen molar-refractivity contribution in [3.05, 3.63) is 45.6 Å². The molecule has 0 spiro atoms. The second-order valence-corrected chi connectivity index (χ2v) is 7.99. The van der Waals surface area contributed by atoms with Gasteiger partial charge in [-0.2, -0.15) is 0 Å². The lowest BCUT2D eigenvalue weighted by molar-refractivity contribution is 0.217. The van der Waals surface area contributed by atoms with Crippen LogP contribution in [0.4, 0.5) is 0 Å².